The Balaban J connectivity index is 2.18. The molecule has 3 atom stereocenters. The van der Waals surface area contributed by atoms with E-state index >= 15 is 0 Å². The summed E-state index contributed by atoms with van der Waals surface area (Å²) in [6.45, 7) is 8.17. The Morgan fingerprint density at radius 3 is 1.71 bits per heavy atom. The molecule has 0 fully saturated rings. The smallest absolute Gasteiger partial charge is 0.408 e. The summed E-state index contributed by atoms with van der Waals surface area (Å²) in [5.74, 6) is -2.76. The van der Waals surface area contributed by atoms with E-state index in [4.69, 9.17) is 9.47 Å². The fourth-order valence-electron chi connectivity index (χ4n) is 4.00. The monoisotopic (exact) mass is 582 g/mol. The van der Waals surface area contributed by atoms with E-state index in [1.807, 2.05) is 60.7 Å². The van der Waals surface area contributed by atoms with Gasteiger partial charge in [0.05, 0.1) is 7.11 Å². The fourth-order valence-corrected chi connectivity index (χ4v) is 4.00. The molecule has 0 aliphatic heterocycles. The zero-order valence-corrected chi connectivity index (χ0v) is 25.1. The molecule has 0 aromatic heterocycles. The van der Waals surface area contributed by atoms with Gasteiger partial charge in [-0.1, -0.05) is 74.5 Å². The summed E-state index contributed by atoms with van der Waals surface area (Å²) in [4.78, 5) is 64.0. The lowest BCUT2D eigenvalue weighted by atomic mass is 10.00. The number of methoxy groups -OCH3 is 1. The summed E-state index contributed by atoms with van der Waals surface area (Å²) in [6.07, 6.45) is -0.435. The van der Waals surface area contributed by atoms with Crippen molar-refractivity contribution in [2.45, 2.75) is 71.2 Å². The molecule has 0 bridgehead atoms. The van der Waals surface area contributed by atoms with E-state index in [1.54, 1.807) is 34.6 Å². The lowest BCUT2D eigenvalue weighted by Gasteiger charge is -2.27. The van der Waals surface area contributed by atoms with Crippen LogP contribution in [0.1, 0.15) is 45.7 Å². The maximum atomic E-state index is 13.5. The highest BCUT2D eigenvalue weighted by Crippen LogP contribution is 2.10. The third-order valence-corrected chi connectivity index (χ3v) is 6.06. The average Bonchev–Trinajstić information content (AvgIpc) is 2.93. The van der Waals surface area contributed by atoms with Crippen molar-refractivity contribution in [3.63, 3.8) is 0 Å². The van der Waals surface area contributed by atoms with Gasteiger partial charge in [-0.25, -0.2) is 9.59 Å². The van der Waals surface area contributed by atoms with Gasteiger partial charge in [0.1, 0.15) is 30.3 Å². The molecule has 2 aromatic carbocycles. The van der Waals surface area contributed by atoms with Crippen molar-refractivity contribution in [3.8, 4) is 0 Å². The van der Waals surface area contributed by atoms with Crippen molar-refractivity contribution >= 4 is 29.8 Å². The molecule has 0 unspecified atom stereocenters. The number of hydrogen-bond donors (Lipinski definition) is 4. The largest absolute Gasteiger partial charge is 0.467 e. The molecule has 4 amide bonds. The number of esters is 1. The molecular weight excluding hydrogens is 540 g/mol. The maximum Gasteiger partial charge on any atom is 0.408 e. The number of carbonyl (C=O) groups excluding carboxylic acids is 5. The van der Waals surface area contributed by atoms with Gasteiger partial charge in [0.15, 0.2) is 0 Å². The maximum absolute atomic E-state index is 13.5. The lowest BCUT2D eigenvalue weighted by Crippen LogP contribution is -2.58. The summed E-state index contributed by atoms with van der Waals surface area (Å²) >= 11 is 0. The van der Waals surface area contributed by atoms with Gasteiger partial charge in [-0.05, 0) is 37.8 Å². The van der Waals surface area contributed by atoms with E-state index in [9.17, 15) is 24.0 Å². The Bertz CT molecular complexity index is 1200. The van der Waals surface area contributed by atoms with Gasteiger partial charge in [-0.3, -0.25) is 14.4 Å². The second-order valence-electron chi connectivity index (χ2n) is 11.2. The van der Waals surface area contributed by atoms with Crippen LogP contribution in [0.2, 0.25) is 0 Å². The van der Waals surface area contributed by atoms with Crippen LogP contribution in [0.3, 0.4) is 0 Å². The number of alkyl carbamates (subject to hydrolysis) is 1. The van der Waals surface area contributed by atoms with Crippen LogP contribution in [-0.4, -0.2) is 67.2 Å². The molecule has 0 spiro atoms. The van der Waals surface area contributed by atoms with E-state index in [0.717, 1.165) is 11.1 Å². The molecule has 42 heavy (non-hydrogen) atoms. The highest BCUT2D eigenvalue weighted by molar-refractivity contribution is 5.94. The number of benzene rings is 2. The molecule has 2 rings (SSSR count). The molecule has 0 saturated carbocycles. The van der Waals surface area contributed by atoms with Crippen LogP contribution in [0.4, 0.5) is 4.79 Å². The van der Waals surface area contributed by atoms with Crippen molar-refractivity contribution in [1.82, 2.24) is 21.3 Å². The number of amides is 4. The third kappa shape index (κ3) is 12.0. The van der Waals surface area contributed by atoms with Crippen LogP contribution in [0.25, 0.3) is 0 Å². The van der Waals surface area contributed by atoms with E-state index in [2.05, 4.69) is 21.3 Å². The number of rotatable bonds is 13. The van der Waals surface area contributed by atoms with Crippen molar-refractivity contribution in [2.75, 3.05) is 13.7 Å². The van der Waals surface area contributed by atoms with E-state index in [1.165, 1.54) is 7.11 Å². The van der Waals surface area contributed by atoms with Gasteiger partial charge >= 0.3 is 12.1 Å². The van der Waals surface area contributed by atoms with Crippen molar-refractivity contribution < 1.29 is 33.4 Å². The van der Waals surface area contributed by atoms with Gasteiger partial charge in [0.2, 0.25) is 17.7 Å². The molecule has 0 aliphatic carbocycles. The Kier molecular flexibility index (Phi) is 13.0. The van der Waals surface area contributed by atoms with Crippen LogP contribution in [-0.2, 0) is 41.5 Å². The SMILES string of the molecule is COC(=O)[C@H](Cc1ccccc1)NC(=O)[C@H](Cc1ccccc1)NC(=O)[C@@H](NC(=O)CNC(=O)OC(C)(C)C)C(C)C. The minimum absolute atomic E-state index is 0.136. The first-order valence-electron chi connectivity index (χ1n) is 13.8. The van der Waals surface area contributed by atoms with Crippen molar-refractivity contribution in [1.29, 1.82) is 0 Å². The molecule has 0 radical (unpaired) electrons. The topological polar surface area (TPSA) is 152 Å². The van der Waals surface area contributed by atoms with E-state index in [-0.39, 0.29) is 18.8 Å². The zero-order valence-electron chi connectivity index (χ0n) is 25.1. The predicted molar refractivity (Wildman–Crippen MR) is 157 cm³/mol. The number of hydrogen-bond acceptors (Lipinski definition) is 7. The van der Waals surface area contributed by atoms with Gasteiger partial charge in [0, 0.05) is 12.8 Å². The molecule has 0 saturated heterocycles. The fraction of sp³-hybridized carbons (Fsp3) is 0.452. The van der Waals surface area contributed by atoms with Crippen LogP contribution in [0.5, 0.6) is 0 Å². The third-order valence-electron chi connectivity index (χ3n) is 6.06. The highest BCUT2D eigenvalue weighted by Gasteiger charge is 2.31. The molecule has 11 nitrogen and oxygen atoms in total. The molecule has 4 N–H and O–H groups in total. The molecule has 2 aromatic rings. The molecule has 228 valence electrons. The average molecular weight is 583 g/mol. The van der Waals surface area contributed by atoms with E-state index in [0.29, 0.717) is 0 Å². The van der Waals surface area contributed by atoms with Gasteiger partial charge in [0.25, 0.3) is 0 Å². The molecule has 11 heteroatoms. The Hall–Kier alpha value is -4.41. The first kappa shape index (κ1) is 33.8. The molecular formula is C31H42N4O7. The Morgan fingerprint density at radius 2 is 1.24 bits per heavy atom. The van der Waals surface area contributed by atoms with Crippen LogP contribution < -0.4 is 21.3 Å². The zero-order chi connectivity index (χ0) is 31.3. The molecule has 0 aliphatic rings. The summed E-state index contributed by atoms with van der Waals surface area (Å²) in [6, 6.07) is 15.2. The second kappa shape index (κ2) is 16.1. The minimum atomic E-state index is -1.07. The number of ether oxygens (including phenoxy) is 2. The van der Waals surface area contributed by atoms with Gasteiger partial charge in [-0.15, -0.1) is 0 Å². The first-order chi connectivity index (χ1) is 19.8. The summed E-state index contributed by atoms with van der Waals surface area (Å²) in [5, 5.41) is 10.4. The summed E-state index contributed by atoms with van der Waals surface area (Å²) in [7, 11) is 1.24. The normalized spacial score (nSPS) is 13.2. The van der Waals surface area contributed by atoms with Gasteiger partial charge < -0.3 is 30.7 Å². The molecule has 0 heterocycles. The number of nitrogens with one attached hydrogen (secondary N) is 4. The standard InChI is InChI=1S/C31H42N4O7/c1-20(2)26(35-25(36)19-32-30(40)42-31(3,4)5)28(38)33-23(17-21-13-9-7-10-14-21)27(37)34-24(29(39)41-6)18-22-15-11-8-12-16-22/h7-16,20,23-24,26H,17-19H2,1-6H3,(H,32,40)(H,33,38)(H,34,37)(H,35,36)/t23-,24-,26-/m0/s1. The van der Waals surface area contributed by atoms with Crippen molar-refractivity contribution in [2.24, 2.45) is 5.92 Å². The number of carbonyl (C=O) groups is 5. The van der Waals surface area contributed by atoms with Crippen LogP contribution in [0.15, 0.2) is 60.7 Å². The first-order valence-corrected chi connectivity index (χ1v) is 13.8. The minimum Gasteiger partial charge on any atom is -0.467 e. The predicted octanol–water partition coefficient (Wildman–Crippen LogP) is 2.28. The quantitative estimate of drug-likeness (QED) is 0.265. The van der Waals surface area contributed by atoms with E-state index < -0.39 is 60.1 Å². The van der Waals surface area contributed by atoms with Gasteiger partial charge in [-0.2, -0.15) is 0 Å². The van der Waals surface area contributed by atoms with Crippen LogP contribution >= 0.6 is 0 Å². The lowest BCUT2D eigenvalue weighted by molar-refractivity contribution is -0.145. The second-order valence-corrected chi connectivity index (χ2v) is 11.2. The van der Waals surface area contributed by atoms with Crippen LogP contribution in [0, 0.1) is 5.92 Å². The summed E-state index contributed by atoms with van der Waals surface area (Å²) in [5.41, 5.74) is 0.866. The van der Waals surface area contributed by atoms with Crippen molar-refractivity contribution in [3.05, 3.63) is 71.8 Å². The summed E-state index contributed by atoms with van der Waals surface area (Å²) < 4.78 is 10.0. The highest BCUT2D eigenvalue weighted by atomic mass is 16.6. The Morgan fingerprint density at radius 1 is 0.738 bits per heavy atom. The Labute approximate surface area is 247 Å².